The molecule has 0 saturated carbocycles. The fraction of sp³-hybridized carbons (Fsp3) is 0.155. The first-order chi connectivity index (χ1) is 31.5. The first-order valence-corrected chi connectivity index (χ1v) is 29.6. The van der Waals surface area contributed by atoms with Crippen molar-refractivity contribution in [3.8, 4) is 45.5 Å². The number of nitriles is 1. The molecule has 0 saturated heterocycles. The predicted molar refractivity (Wildman–Crippen MR) is 270 cm³/mol. The first-order valence-electron chi connectivity index (χ1n) is 22.3. The summed E-state index contributed by atoms with van der Waals surface area (Å²) in [5, 5.41) is 13.7. The number of hydrogen-bond donors (Lipinski definition) is 0. The van der Waals surface area contributed by atoms with Gasteiger partial charge in [-0.05, 0) is 71.0 Å². The first kappa shape index (κ1) is 44.6. The van der Waals surface area contributed by atoms with Crippen LogP contribution in [0.5, 0.6) is 0 Å². The molecular formula is C58H48GeIrN4O2-2. The van der Waals surface area contributed by atoms with E-state index in [0.717, 1.165) is 88.8 Å². The molecule has 0 fully saturated rings. The molecule has 7 aromatic carbocycles. The summed E-state index contributed by atoms with van der Waals surface area (Å²) in [6.45, 7) is 8.98. The van der Waals surface area contributed by atoms with Crippen LogP contribution in [0.3, 0.4) is 0 Å². The Morgan fingerprint density at radius 2 is 1.38 bits per heavy atom. The van der Waals surface area contributed by atoms with Crippen molar-refractivity contribution in [2.75, 3.05) is 0 Å². The van der Waals surface area contributed by atoms with Crippen LogP contribution in [-0.4, -0.2) is 27.8 Å². The third-order valence-electron chi connectivity index (χ3n) is 12.3. The third kappa shape index (κ3) is 8.09. The Kier molecular flexibility index (Phi) is 12.2. The van der Waals surface area contributed by atoms with Gasteiger partial charge < -0.3 is 13.4 Å². The zero-order valence-corrected chi connectivity index (χ0v) is 42.5. The molecule has 11 aromatic rings. The second-order valence-electron chi connectivity index (χ2n) is 18.3. The number of hydrogen-bond acceptors (Lipinski definition) is 5. The van der Waals surface area contributed by atoms with E-state index in [1.165, 1.54) is 9.96 Å². The van der Waals surface area contributed by atoms with Crippen LogP contribution in [0.25, 0.3) is 94.4 Å². The van der Waals surface area contributed by atoms with Gasteiger partial charge in [0.05, 0.1) is 34.1 Å². The Hall–Kier alpha value is -6.56. The number of rotatable bonds is 7. The van der Waals surface area contributed by atoms with Crippen LogP contribution in [0, 0.1) is 23.5 Å². The molecule has 66 heavy (non-hydrogen) atoms. The number of benzene rings is 7. The molecule has 6 nitrogen and oxygen atoms in total. The van der Waals surface area contributed by atoms with Crippen molar-refractivity contribution in [2.24, 2.45) is 0 Å². The summed E-state index contributed by atoms with van der Waals surface area (Å²) < 4.78 is 17.1. The average Bonchev–Trinajstić information content (AvgIpc) is 4.02. The van der Waals surface area contributed by atoms with Gasteiger partial charge in [0, 0.05) is 47.5 Å². The molecule has 0 aliphatic carbocycles. The van der Waals surface area contributed by atoms with E-state index in [-0.39, 0.29) is 31.9 Å². The van der Waals surface area contributed by atoms with Gasteiger partial charge in [-0.1, -0.05) is 93.2 Å². The molecule has 0 unspecified atom stereocenters. The van der Waals surface area contributed by atoms with Crippen LogP contribution in [0.2, 0.25) is 17.3 Å². The van der Waals surface area contributed by atoms with Crippen molar-refractivity contribution >= 4 is 72.6 Å². The molecule has 11 rings (SSSR count). The average molecular weight is 1100 g/mol. The fourth-order valence-corrected chi connectivity index (χ4v) is 11.1. The molecule has 0 N–H and O–H groups in total. The van der Waals surface area contributed by atoms with Crippen LogP contribution in [0.1, 0.15) is 56.2 Å². The van der Waals surface area contributed by atoms with Gasteiger partial charge in [0.2, 0.25) is 0 Å². The van der Waals surface area contributed by atoms with Crippen LogP contribution < -0.4 is 4.40 Å². The summed E-state index contributed by atoms with van der Waals surface area (Å²) in [4.78, 5) is 9.80. The molecular weight excluding hydrogens is 1050 g/mol. The van der Waals surface area contributed by atoms with E-state index in [2.05, 4.69) is 152 Å². The third-order valence-corrected chi connectivity index (χ3v) is 16.5. The molecule has 4 aromatic heterocycles. The maximum absolute atomic E-state index is 9.56. The summed E-state index contributed by atoms with van der Waals surface area (Å²) in [7, 11) is 0. The maximum atomic E-state index is 9.56. The number of imidazole rings is 1. The van der Waals surface area contributed by atoms with Crippen LogP contribution in [0.15, 0.2) is 161 Å². The molecule has 0 amide bonds. The number of furan rings is 2. The van der Waals surface area contributed by atoms with Crippen LogP contribution >= 0.6 is 0 Å². The van der Waals surface area contributed by atoms with Gasteiger partial charge in [-0.2, -0.15) is 5.26 Å². The van der Waals surface area contributed by atoms with Crippen LogP contribution in [0.4, 0.5) is 0 Å². The molecule has 0 bridgehead atoms. The monoisotopic (exact) mass is 1100 g/mol. The minimum atomic E-state index is -1.72. The van der Waals surface area contributed by atoms with Crippen molar-refractivity contribution < 1.29 is 28.9 Å². The van der Waals surface area contributed by atoms with Gasteiger partial charge in [0.1, 0.15) is 16.7 Å². The molecule has 0 aliphatic heterocycles. The van der Waals surface area contributed by atoms with Gasteiger partial charge in [-0.15, -0.1) is 18.2 Å². The Morgan fingerprint density at radius 3 is 2.09 bits per heavy atom. The second-order valence-corrected chi connectivity index (χ2v) is 29.0. The van der Waals surface area contributed by atoms with Crippen molar-refractivity contribution in [3.05, 3.63) is 181 Å². The number of fused-ring (bicyclic) bond motifs is 7. The molecule has 1 radical (unpaired) electrons. The molecule has 8 heteroatoms. The SMILES string of the molecule is CC(C)c1cc2c(oc3cc(-c4ccccc4)ccc32)c(C(C)C)c1-n1c(-c2[c-]ccc3c2oc2cc(C#N)ccc23)nc2ccccc21.[CH3][Ge]([CH3])([CH3])[c]1ccc(-c2[c-]cccc2)nc1.[Ir]. The minimum absolute atomic E-state index is 0. The van der Waals surface area contributed by atoms with Crippen molar-refractivity contribution in [1.82, 2.24) is 14.5 Å². The van der Waals surface area contributed by atoms with E-state index in [4.69, 9.17) is 13.8 Å². The van der Waals surface area contributed by atoms with E-state index in [9.17, 15) is 5.26 Å². The van der Waals surface area contributed by atoms with E-state index in [0.29, 0.717) is 16.7 Å². The quantitative estimate of drug-likeness (QED) is 0.117. The zero-order chi connectivity index (χ0) is 45.0. The summed E-state index contributed by atoms with van der Waals surface area (Å²) in [5.74, 6) is 8.23. The summed E-state index contributed by atoms with van der Waals surface area (Å²) in [5.41, 5.74) is 14.1. The van der Waals surface area contributed by atoms with E-state index >= 15 is 0 Å². The topological polar surface area (TPSA) is 80.8 Å². The number of aromatic nitrogens is 3. The van der Waals surface area contributed by atoms with Gasteiger partial charge in [-0.25, -0.2) is 0 Å². The van der Waals surface area contributed by atoms with E-state index in [1.54, 1.807) is 6.07 Å². The summed E-state index contributed by atoms with van der Waals surface area (Å²) in [6, 6.07) is 58.4. The zero-order valence-electron chi connectivity index (χ0n) is 38.0. The fourth-order valence-electron chi connectivity index (χ4n) is 8.93. The Bertz CT molecular complexity index is 3590. The van der Waals surface area contributed by atoms with Gasteiger partial charge in [-0.3, -0.25) is 4.98 Å². The molecule has 327 valence electrons. The standard InChI is InChI=1S/C44H32N3O2.C14H16GeN.Ir/c1-25(2)34-23-35-31-20-18-29(28-11-6-5-7-12-28)22-39(31)49-43(35)40(26(3)4)41(34)47-37-16-9-8-15-36(37)46-44(47)33-14-10-13-32-30-19-17-27(24-45)21-38(30)48-42(32)33;1-15(2,3)13-9-10-14(16-11-13)12-7-5-4-6-8-12;/h5-13,15-23,25-26H,1-4H3;4-7,9-11H,1-3H3;/q2*-1;. The van der Waals surface area contributed by atoms with Gasteiger partial charge >= 0.3 is 99.8 Å². The molecule has 0 atom stereocenters. The van der Waals surface area contributed by atoms with E-state index in [1.807, 2.05) is 66.9 Å². The van der Waals surface area contributed by atoms with Crippen molar-refractivity contribution in [2.45, 2.75) is 56.8 Å². The maximum Gasteiger partial charge on any atom is 0 e. The Morgan fingerprint density at radius 1 is 0.652 bits per heavy atom. The molecule has 4 heterocycles. The van der Waals surface area contributed by atoms with Crippen molar-refractivity contribution in [3.63, 3.8) is 0 Å². The Labute approximate surface area is 401 Å². The second kappa shape index (κ2) is 18.0. The van der Waals surface area contributed by atoms with E-state index < -0.39 is 13.3 Å². The molecule has 0 aliphatic rings. The number of pyridine rings is 1. The largest absolute Gasteiger partial charge is 0 e. The molecule has 0 spiro atoms. The minimum Gasteiger partial charge on any atom is 0 e. The van der Waals surface area contributed by atoms with Crippen LogP contribution in [-0.2, 0) is 20.1 Å². The Balaban J connectivity index is 0.000000273. The van der Waals surface area contributed by atoms with Gasteiger partial charge in [0.15, 0.2) is 0 Å². The number of para-hydroxylation sites is 2. The smallest absolute Gasteiger partial charge is 0 e. The number of nitrogens with zero attached hydrogens (tertiary/aromatic N) is 4. The van der Waals surface area contributed by atoms with Gasteiger partial charge in [0.25, 0.3) is 0 Å². The summed E-state index contributed by atoms with van der Waals surface area (Å²) >= 11 is -1.72. The summed E-state index contributed by atoms with van der Waals surface area (Å²) in [6.07, 6.45) is 2.04. The predicted octanol–water partition coefficient (Wildman–Crippen LogP) is 15.2. The normalized spacial score (nSPS) is 11.7. The van der Waals surface area contributed by atoms with Crippen molar-refractivity contribution in [1.29, 1.82) is 5.26 Å².